The molecule has 4 heteroatoms. The molecular weight excluding hydrogens is 156 g/mol. The first-order valence-corrected chi connectivity index (χ1v) is 4.31. The van der Waals surface area contributed by atoms with Crippen LogP contribution in [0.3, 0.4) is 0 Å². The monoisotopic (exact) mass is 172 g/mol. The Kier molecular flexibility index (Phi) is 3.05. The zero-order valence-corrected chi connectivity index (χ0v) is 7.36. The van der Waals surface area contributed by atoms with Crippen molar-refractivity contribution in [2.75, 3.05) is 13.1 Å². The molecule has 0 aliphatic carbocycles. The van der Waals surface area contributed by atoms with Gasteiger partial charge in [0.15, 0.2) is 0 Å². The molecular formula is C8H16N2O2. The number of carbonyl (C=O) groups is 1. The van der Waals surface area contributed by atoms with E-state index >= 15 is 0 Å². The number of hydrogen-bond donors (Lipinski definition) is 2. The summed E-state index contributed by atoms with van der Waals surface area (Å²) in [6.45, 7) is 3.01. The van der Waals surface area contributed by atoms with Gasteiger partial charge < -0.3 is 15.7 Å². The van der Waals surface area contributed by atoms with Crippen molar-refractivity contribution in [1.29, 1.82) is 0 Å². The van der Waals surface area contributed by atoms with Gasteiger partial charge in [-0.1, -0.05) is 0 Å². The molecule has 2 atom stereocenters. The molecule has 0 aromatic heterocycles. The second-order valence-corrected chi connectivity index (χ2v) is 3.44. The maximum absolute atomic E-state index is 11.3. The van der Waals surface area contributed by atoms with Crippen LogP contribution in [0.2, 0.25) is 0 Å². The summed E-state index contributed by atoms with van der Waals surface area (Å²) < 4.78 is 0. The quantitative estimate of drug-likeness (QED) is 0.580. The van der Waals surface area contributed by atoms with Crippen LogP contribution < -0.4 is 5.73 Å². The van der Waals surface area contributed by atoms with Gasteiger partial charge in [0, 0.05) is 19.1 Å². The molecule has 12 heavy (non-hydrogen) atoms. The predicted molar refractivity (Wildman–Crippen MR) is 45.5 cm³/mol. The van der Waals surface area contributed by atoms with Gasteiger partial charge in [-0.3, -0.25) is 4.79 Å². The van der Waals surface area contributed by atoms with Crippen molar-refractivity contribution in [3.8, 4) is 0 Å². The average Bonchev–Trinajstić information content (AvgIpc) is 2.34. The van der Waals surface area contributed by atoms with Gasteiger partial charge in [-0.2, -0.15) is 0 Å². The van der Waals surface area contributed by atoms with Crippen LogP contribution in [0.4, 0.5) is 0 Å². The zero-order valence-electron chi connectivity index (χ0n) is 7.36. The Hall–Kier alpha value is -0.610. The molecule has 1 aliphatic heterocycles. The van der Waals surface area contributed by atoms with E-state index in [1.54, 1.807) is 11.8 Å². The van der Waals surface area contributed by atoms with E-state index in [1.165, 1.54) is 0 Å². The molecule has 1 amide bonds. The molecule has 2 unspecified atom stereocenters. The van der Waals surface area contributed by atoms with E-state index in [9.17, 15) is 4.79 Å². The molecule has 0 aromatic carbocycles. The maximum Gasteiger partial charge on any atom is 0.225 e. The van der Waals surface area contributed by atoms with Gasteiger partial charge in [0.2, 0.25) is 5.91 Å². The summed E-state index contributed by atoms with van der Waals surface area (Å²) in [4.78, 5) is 13.0. The van der Waals surface area contributed by atoms with Gasteiger partial charge in [0.05, 0.1) is 12.5 Å². The summed E-state index contributed by atoms with van der Waals surface area (Å²) in [7, 11) is 0. The second-order valence-electron chi connectivity index (χ2n) is 3.44. The fraction of sp³-hybridized carbons (Fsp3) is 0.875. The van der Waals surface area contributed by atoms with Crippen LogP contribution >= 0.6 is 0 Å². The van der Waals surface area contributed by atoms with E-state index < -0.39 is 6.10 Å². The third kappa shape index (κ3) is 2.46. The predicted octanol–water partition coefficient (Wildman–Crippen LogP) is -0.683. The first kappa shape index (κ1) is 9.48. The van der Waals surface area contributed by atoms with Crippen molar-refractivity contribution < 1.29 is 9.90 Å². The first-order chi connectivity index (χ1) is 5.59. The van der Waals surface area contributed by atoms with E-state index in [0.717, 1.165) is 13.0 Å². The van der Waals surface area contributed by atoms with Crippen LogP contribution in [-0.4, -0.2) is 41.1 Å². The number of amides is 1. The SMILES string of the molecule is CC(O)CC(=O)N1CCC(N)C1. The van der Waals surface area contributed by atoms with Gasteiger partial charge in [-0.25, -0.2) is 0 Å². The van der Waals surface area contributed by atoms with E-state index in [2.05, 4.69) is 0 Å². The van der Waals surface area contributed by atoms with Crippen LogP contribution in [0, 0.1) is 0 Å². The van der Waals surface area contributed by atoms with Gasteiger partial charge in [-0.05, 0) is 13.3 Å². The number of rotatable bonds is 2. The van der Waals surface area contributed by atoms with Crippen LogP contribution in [0.5, 0.6) is 0 Å². The maximum atomic E-state index is 11.3. The standard InChI is InChI=1S/C8H16N2O2/c1-6(11)4-8(12)10-3-2-7(9)5-10/h6-7,11H,2-5,9H2,1H3. The minimum absolute atomic E-state index is 0.0120. The average molecular weight is 172 g/mol. The molecule has 1 heterocycles. The lowest BCUT2D eigenvalue weighted by Gasteiger charge is -2.16. The lowest BCUT2D eigenvalue weighted by molar-refractivity contribution is -0.131. The van der Waals surface area contributed by atoms with E-state index in [1.807, 2.05) is 0 Å². The summed E-state index contributed by atoms with van der Waals surface area (Å²) in [6.07, 6.45) is 0.549. The summed E-state index contributed by atoms with van der Waals surface area (Å²) in [5.41, 5.74) is 5.64. The lowest BCUT2D eigenvalue weighted by atomic mass is 10.2. The van der Waals surface area contributed by atoms with Gasteiger partial charge in [0.25, 0.3) is 0 Å². The number of nitrogens with zero attached hydrogens (tertiary/aromatic N) is 1. The molecule has 0 saturated carbocycles. The van der Waals surface area contributed by atoms with Crippen molar-refractivity contribution in [1.82, 2.24) is 4.90 Å². The molecule has 1 saturated heterocycles. The molecule has 70 valence electrons. The topological polar surface area (TPSA) is 66.6 Å². The van der Waals surface area contributed by atoms with Crippen LogP contribution in [0.1, 0.15) is 19.8 Å². The number of aliphatic hydroxyl groups is 1. The Labute approximate surface area is 72.3 Å². The number of aliphatic hydroxyl groups excluding tert-OH is 1. The highest BCUT2D eigenvalue weighted by Crippen LogP contribution is 2.09. The summed E-state index contributed by atoms with van der Waals surface area (Å²) in [5.74, 6) is 0.0120. The smallest absolute Gasteiger partial charge is 0.225 e. The summed E-state index contributed by atoms with van der Waals surface area (Å²) >= 11 is 0. The minimum Gasteiger partial charge on any atom is -0.393 e. The molecule has 0 bridgehead atoms. The number of nitrogens with two attached hydrogens (primary N) is 1. The molecule has 1 rings (SSSR count). The van der Waals surface area contributed by atoms with Crippen molar-refractivity contribution in [3.63, 3.8) is 0 Å². The van der Waals surface area contributed by atoms with E-state index in [0.29, 0.717) is 6.54 Å². The molecule has 0 aromatic rings. The first-order valence-electron chi connectivity index (χ1n) is 4.31. The highest BCUT2D eigenvalue weighted by atomic mass is 16.3. The molecule has 0 radical (unpaired) electrons. The molecule has 1 aliphatic rings. The van der Waals surface area contributed by atoms with E-state index in [-0.39, 0.29) is 18.4 Å². The van der Waals surface area contributed by atoms with Crippen molar-refractivity contribution >= 4 is 5.91 Å². The summed E-state index contributed by atoms with van der Waals surface area (Å²) in [5, 5.41) is 8.97. The fourth-order valence-corrected chi connectivity index (χ4v) is 1.40. The molecule has 1 fully saturated rings. The van der Waals surface area contributed by atoms with E-state index in [4.69, 9.17) is 10.8 Å². The fourth-order valence-electron chi connectivity index (χ4n) is 1.40. The summed E-state index contributed by atoms with van der Waals surface area (Å²) in [6, 6.07) is 0.128. The number of likely N-dealkylation sites (tertiary alicyclic amines) is 1. The minimum atomic E-state index is -0.547. The highest BCUT2D eigenvalue weighted by Gasteiger charge is 2.23. The molecule has 0 spiro atoms. The third-order valence-corrected chi connectivity index (χ3v) is 2.05. The van der Waals surface area contributed by atoms with Crippen LogP contribution in [0.25, 0.3) is 0 Å². The molecule has 4 nitrogen and oxygen atoms in total. The van der Waals surface area contributed by atoms with Crippen LogP contribution in [0.15, 0.2) is 0 Å². The zero-order chi connectivity index (χ0) is 9.14. The second kappa shape index (κ2) is 3.87. The Morgan fingerprint density at radius 3 is 2.92 bits per heavy atom. The third-order valence-electron chi connectivity index (χ3n) is 2.05. The Morgan fingerprint density at radius 2 is 2.50 bits per heavy atom. The normalized spacial score (nSPS) is 25.9. The van der Waals surface area contributed by atoms with Gasteiger partial charge in [0.1, 0.15) is 0 Å². The van der Waals surface area contributed by atoms with Gasteiger partial charge >= 0.3 is 0 Å². The number of hydrogen-bond acceptors (Lipinski definition) is 3. The Balaban J connectivity index is 2.33. The Morgan fingerprint density at radius 1 is 1.83 bits per heavy atom. The van der Waals surface area contributed by atoms with Crippen molar-refractivity contribution in [3.05, 3.63) is 0 Å². The van der Waals surface area contributed by atoms with Gasteiger partial charge in [-0.15, -0.1) is 0 Å². The molecule has 3 N–H and O–H groups in total. The van der Waals surface area contributed by atoms with Crippen LogP contribution in [-0.2, 0) is 4.79 Å². The number of carbonyl (C=O) groups excluding carboxylic acids is 1. The van der Waals surface area contributed by atoms with Crippen molar-refractivity contribution in [2.45, 2.75) is 31.9 Å². The highest BCUT2D eigenvalue weighted by molar-refractivity contribution is 5.76. The van der Waals surface area contributed by atoms with Crippen molar-refractivity contribution in [2.24, 2.45) is 5.73 Å². The lowest BCUT2D eigenvalue weighted by Crippen LogP contribution is -2.33. The Bertz CT molecular complexity index is 170. The largest absolute Gasteiger partial charge is 0.393 e.